The molecule has 0 spiro atoms. The normalized spacial score (nSPS) is 24.1. The number of rotatable bonds is 14. The summed E-state index contributed by atoms with van der Waals surface area (Å²) >= 11 is 0. The molecule has 4 rings (SSSR count). The maximum Gasteiger partial charge on any atom is 0.119 e. The molecule has 0 N–H and O–H groups in total. The fraction of sp³-hybridized carbons (Fsp3) is 0.622. The molecule has 2 aliphatic rings. The van der Waals surface area contributed by atoms with Gasteiger partial charge >= 0.3 is 0 Å². The smallest absolute Gasteiger partial charge is 0.119 e. The molecule has 0 saturated heterocycles. The van der Waals surface area contributed by atoms with E-state index in [4.69, 9.17) is 4.74 Å². The monoisotopic (exact) mass is 514 g/mol. The first-order valence-corrected chi connectivity index (χ1v) is 16.2. The van der Waals surface area contributed by atoms with Crippen LogP contribution < -0.4 is 4.74 Å². The first-order chi connectivity index (χ1) is 18.7. The molecule has 2 saturated carbocycles. The summed E-state index contributed by atoms with van der Waals surface area (Å²) in [5.74, 6) is 4.44. The standard InChI is InChI=1S/C37H54O/c1-3-5-7-10-30-13-15-32(16-14-30)12-9-29-38-37-27-25-36(26-28-37)35-23-21-34(22-24-35)33-19-17-31(18-20-33)11-8-6-4-2/h9,12,21-28,30-33H,3-8,10-11,13-20,29H2,1-2H3/b12-9+/t30-,31-,32-,33-. The fourth-order valence-corrected chi connectivity index (χ4v) is 6.90. The van der Waals surface area contributed by atoms with Crippen molar-refractivity contribution in [1.82, 2.24) is 0 Å². The molecule has 2 aromatic carbocycles. The van der Waals surface area contributed by atoms with Crippen LogP contribution in [-0.4, -0.2) is 6.61 Å². The van der Waals surface area contributed by atoms with Crippen molar-refractivity contribution >= 4 is 0 Å². The first kappa shape index (κ1) is 29.0. The van der Waals surface area contributed by atoms with E-state index in [2.05, 4.69) is 74.5 Å². The van der Waals surface area contributed by atoms with Gasteiger partial charge < -0.3 is 4.74 Å². The molecule has 2 aromatic rings. The van der Waals surface area contributed by atoms with Crippen LogP contribution in [0, 0.1) is 17.8 Å². The molecule has 0 bridgehead atoms. The van der Waals surface area contributed by atoms with Crippen LogP contribution in [0.25, 0.3) is 11.1 Å². The van der Waals surface area contributed by atoms with Crippen molar-refractivity contribution in [2.75, 3.05) is 6.61 Å². The van der Waals surface area contributed by atoms with E-state index in [1.54, 1.807) is 0 Å². The second kappa shape index (κ2) is 16.2. The molecule has 0 atom stereocenters. The Bertz CT molecular complexity index is 908. The molecule has 0 radical (unpaired) electrons. The van der Waals surface area contributed by atoms with E-state index in [1.165, 1.54) is 119 Å². The van der Waals surface area contributed by atoms with E-state index in [-0.39, 0.29) is 0 Å². The molecule has 0 unspecified atom stereocenters. The predicted molar refractivity (Wildman–Crippen MR) is 165 cm³/mol. The zero-order valence-corrected chi connectivity index (χ0v) is 24.5. The van der Waals surface area contributed by atoms with Gasteiger partial charge in [-0.2, -0.15) is 0 Å². The van der Waals surface area contributed by atoms with Gasteiger partial charge in [-0.15, -0.1) is 0 Å². The lowest BCUT2D eigenvalue weighted by Crippen LogP contribution is -2.13. The SMILES string of the molecule is CCCCC[C@H]1CC[C@H](/C=C/COc2ccc(-c3ccc([C@H]4CC[C@H](CCCCC)CC4)cc3)cc2)CC1. The van der Waals surface area contributed by atoms with Crippen molar-refractivity contribution in [3.8, 4) is 16.9 Å². The van der Waals surface area contributed by atoms with Crippen molar-refractivity contribution < 1.29 is 4.74 Å². The quantitative estimate of drug-likeness (QED) is 0.180. The molecule has 0 heterocycles. The zero-order valence-electron chi connectivity index (χ0n) is 24.5. The van der Waals surface area contributed by atoms with Gasteiger partial charge in [-0.05, 0) is 104 Å². The van der Waals surface area contributed by atoms with Gasteiger partial charge in [0.2, 0.25) is 0 Å². The van der Waals surface area contributed by atoms with Gasteiger partial charge in [0.1, 0.15) is 12.4 Å². The Hall–Kier alpha value is -2.02. The Kier molecular flexibility index (Phi) is 12.3. The highest BCUT2D eigenvalue weighted by Gasteiger charge is 2.22. The summed E-state index contributed by atoms with van der Waals surface area (Å²) in [6, 6.07) is 18.1. The summed E-state index contributed by atoms with van der Waals surface area (Å²) in [6.07, 6.45) is 27.1. The highest BCUT2D eigenvalue weighted by molar-refractivity contribution is 5.64. The van der Waals surface area contributed by atoms with E-state index in [9.17, 15) is 0 Å². The molecular weight excluding hydrogens is 460 g/mol. The molecule has 38 heavy (non-hydrogen) atoms. The summed E-state index contributed by atoms with van der Waals surface area (Å²) < 4.78 is 6.03. The number of hydrogen-bond acceptors (Lipinski definition) is 1. The second-order valence-electron chi connectivity index (χ2n) is 12.4. The Morgan fingerprint density at radius 3 is 1.71 bits per heavy atom. The minimum atomic E-state index is 0.672. The summed E-state index contributed by atoms with van der Waals surface area (Å²) in [5, 5.41) is 0. The Morgan fingerprint density at radius 1 is 0.632 bits per heavy atom. The molecule has 1 heteroatoms. The van der Waals surface area contributed by atoms with E-state index < -0.39 is 0 Å². The predicted octanol–water partition coefficient (Wildman–Crippen LogP) is 11.5. The maximum absolute atomic E-state index is 6.03. The van der Waals surface area contributed by atoms with Crippen molar-refractivity contribution in [2.45, 2.75) is 122 Å². The van der Waals surface area contributed by atoms with Crippen molar-refractivity contribution in [2.24, 2.45) is 17.8 Å². The van der Waals surface area contributed by atoms with Gasteiger partial charge in [0.25, 0.3) is 0 Å². The van der Waals surface area contributed by atoms with Gasteiger partial charge in [0.15, 0.2) is 0 Å². The number of benzene rings is 2. The Labute approximate surface area is 234 Å². The van der Waals surface area contributed by atoms with E-state index in [0.717, 1.165) is 29.4 Å². The zero-order chi connectivity index (χ0) is 26.4. The highest BCUT2D eigenvalue weighted by Crippen LogP contribution is 2.38. The van der Waals surface area contributed by atoms with Crippen molar-refractivity contribution in [1.29, 1.82) is 0 Å². The minimum Gasteiger partial charge on any atom is -0.490 e. The molecule has 2 aliphatic carbocycles. The lowest BCUT2D eigenvalue weighted by molar-refractivity contribution is 0.288. The lowest BCUT2D eigenvalue weighted by Gasteiger charge is -2.29. The third kappa shape index (κ3) is 9.32. The molecule has 0 amide bonds. The average Bonchev–Trinajstić information content (AvgIpc) is 2.97. The Morgan fingerprint density at radius 2 is 1.16 bits per heavy atom. The van der Waals surface area contributed by atoms with Gasteiger partial charge in [-0.3, -0.25) is 0 Å². The average molecular weight is 515 g/mol. The van der Waals surface area contributed by atoms with Crippen molar-refractivity contribution in [3.05, 3.63) is 66.2 Å². The summed E-state index contributed by atoms with van der Waals surface area (Å²) in [7, 11) is 0. The van der Waals surface area contributed by atoms with E-state index in [0.29, 0.717) is 6.61 Å². The van der Waals surface area contributed by atoms with Gasteiger partial charge in [0, 0.05) is 0 Å². The molecule has 208 valence electrons. The molecule has 2 fully saturated rings. The third-order valence-electron chi connectivity index (χ3n) is 9.49. The van der Waals surface area contributed by atoms with Crippen LogP contribution in [0.3, 0.4) is 0 Å². The number of allylic oxidation sites excluding steroid dienone is 1. The molecule has 0 aromatic heterocycles. The van der Waals surface area contributed by atoms with Gasteiger partial charge in [-0.25, -0.2) is 0 Å². The van der Waals surface area contributed by atoms with Crippen molar-refractivity contribution in [3.63, 3.8) is 0 Å². The molecule has 1 nitrogen and oxygen atoms in total. The van der Waals surface area contributed by atoms with Crippen LogP contribution in [0.4, 0.5) is 0 Å². The summed E-state index contributed by atoms with van der Waals surface area (Å²) in [4.78, 5) is 0. The van der Waals surface area contributed by atoms with Crippen LogP contribution in [0.5, 0.6) is 5.75 Å². The number of hydrogen-bond donors (Lipinski definition) is 0. The first-order valence-electron chi connectivity index (χ1n) is 16.2. The number of unbranched alkanes of at least 4 members (excludes halogenated alkanes) is 4. The van der Waals surface area contributed by atoms with Gasteiger partial charge in [-0.1, -0.05) is 114 Å². The Balaban J connectivity index is 1.16. The maximum atomic E-state index is 6.03. The summed E-state index contributed by atoms with van der Waals surface area (Å²) in [5.41, 5.74) is 4.12. The van der Waals surface area contributed by atoms with Gasteiger partial charge in [0.05, 0.1) is 0 Å². The largest absolute Gasteiger partial charge is 0.490 e. The lowest BCUT2D eigenvalue weighted by atomic mass is 9.77. The van der Waals surface area contributed by atoms with Crippen LogP contribution in [-0.2, 0) is 0 Å². The van der Waals surface area contributed by atoms with Crippen LogP contribution in [0.15, 0.2) is 60.7 Å². The topological polar surface area (TPSA) is 9.23 Å². The van der Waals surface area contributed by atoms with Crippen LogP contribution in [0.2, 0.25) is 0 Å². The highest BCUT2D eigenvalue weighted by atomic mass is 16.5. The van der Waals surface area contributed by atoms with E-state index in [1.807, 2.05) is 0 Å². The molecular formula is C37H54O. The molecule has 0 aliphatic heterocycles. The number of ether oxygens (including phenoxy) is 1. The van der Waals surface area contributed by atoms with Crippen LogP contribution in [0.1, 0.15) is 128 Å². The fourth-order valence-electron chi connectivity index (χ4n) is 6.90. The summed E-state index contributed by atoms with van der Waals surface area (Å²) in [6.45, 7) is 5.28. The second-order valence-corrected chi connectivity index (χ2v) is 12.4. The minimum absolute atomic E-state index is 0.672. The van der Waals surface area contributed by atoms with Crippen LogP contribution >= 0.6 is 0 Å². The third-order valence-corrected chi connectivity index (χ3v) is 9.49. The van der Waals surface area contributed by atoms with E-state index >= 15 is 0 Å².